The summed E-state index contributed by atoms with van der Waals surface area (Å²) in [5.74, 6) is 0.889. The van der Waals surface area contributed by atoms with Crippen LogP contribution in [0.15, 0.2) is 35.3 Å². The van der Waals surface area contributed by atoms with E-state index in [1.165, 1.54) is 31.2 Å². The van der Waals surface area contributed by atoms with E-state index >= 15 is 0 Å². The van der Waals surface area contributed by atoms with Crippen molar-refractivity contribution < 1.29 is 4.79 Å². The summed E-state index contributed by atoms with van der Waals surface area (Å²) in [5.41, 5.74) is 1.59. The van der Waals surface area contributed by atoms with Crippen LogP contribution in [0.1, 0.15) is 51.0 Å². The molecule has 1 amide bonds. The molecule has 27 heavy (non-hydrogen) atoms. The summed E-state index contributed by atoms with van der Waals surface area (Å²) < 4.78 is 0. The second-order valence-electron chi connectivity index (χ2n) is 7.49. The van der Waals surface area contributed by atoms with Gasteiger partial charge in [-0.2, -0.15) is 0 Å². The summed E-state index contributed by atoms with van der Waals surface area (Å²) in [4.78, 5) is 18.7. The number of halogens is 1. The fourth-order valence-electron chi connectivity index (χ4n) is 4.22. The normalized spacial score (nSPS) is 18.9. The van der Waals surface area contributed by atoms with Gasteiger partial charge in [-0.15, -0.1) is 24.0 Å². The number of hydrogen-bond donors (Lipinski definition) is 2. The first-order valence-electron chi connectivity index (χ1n) is 10.1. The van der Waals surface area contributed by atoms with Crippen molar-refractivity contribution in [2.24, 2.45) is 4.99 Å². The molecule has 1 aromatic rings. The van der Waals surface area contributed by atoms with Crippen molar-refractivity contribution in [2.75, 3.05) is 32.7 Å². The van der Waals surface area contributed by atoms with Gasteiger partial charge in [0.2, 0.25) is 5.91 Å². The summed E-state index contributed by atoms with van der Waals surface area (Å²) in [6.45, 7) is 5.71. The van der Waals surface area contributed by atoms with Crippen LogP contribution in [-0.4, -0.2) is 49.5 Å². The molecule has 2 aliphatic rings. The van der Waals surface area contributed by atoms with Crippen molar-refractivity contribution in [1.29, 1.82) is 0 Å². The lowest BCUT2D eigenvalue weighted by Crippen LogP contribution is -2.45. The van der Waals surface area contributed by atoms with Crippen LogP contribution in [0.4, 0.5) is 0 Å². The number of benzene rings is 1. The monoisotopic (exact) mass is 484 g/mol. The molecule has 0 bridgehead atoms. The average molecular weight is 484 g/mol. The number of carbonyl (C=O) groups excluding carboxylic acids is 1. The molecule has 5 nitrogen and oxygen atoms in total. The van der Waals surface area contributed by atoms with Crippen molar-refractivity contribution in [2.45, 2.75) is 50.9 Å². The maximum absolute atomic E-state index is 12.3. The molecule has 0 spiro atoms. The SMILES string of the molecule is CCNC(=NCC(=O)N1CCCC1)NCC1(c2ccccc2)CCCC1.I. The highest BCUT2D eigenvalue weighted by molar-refractivity contribution is 14.0. The Hall–Kier alpha value is -1.31. The minimum absolute atomic E-state index is 0. The zero-order valence-corrected chi connectivity index (χ0v) is 18.7. The van der Waals surface area contributed by atoms with Gasteiger partial charge in [0, 0.05) is 31.6 Å². The Balaban J connectivity index is 0.00000261. The maximum Gasteiger partial charge on any atom is 0.244 e. The van der Waals surface area contributed by atoms with Gasteiger partial charge in [-0.05, 0) is 38.2 Å². The zero-order valence-electron chi connectivity index (χ0n) is 16.4. The van der Waals surface area contributed by atoms with E-state index in [1.807, 2.05) is 4.90 Å². The summed E-state index contributed by atoms with van der Waals surface area (Å²) >= 11 is 0. The molecule has 1 aliphatic heterocycles. The van der Waals surface area contributed by atoms with Gasteiger partial charge < -0.3 is 15.5 Å². The van der Waals surface area contributed by atoms with Crippen molar-refractivity contribution in [1.82, 2.24) is 15.5 Å². The van der Waals surface area contributed by atoms with Crippen LogP contribution in [0, 0.1) is 0 Å². The Bertz CT molecular complexity index is 608. The molecule has 1 saturated carbocycles. The molecule has 3 rings (SSSR count). The molecule has 0 radical (unpaired) electrons. The van der Waals surface area contributed by atoms with Crippen molar-refractivity contribution in [3.63, 3.8) is 0 Å². The van der Waals surface area contributed by atoms with E-state index < -0.39 is 0 Å². The predicted molar refractivity (Wildman–Crippen MR) is 122 cm³/mol. The van der Waals surface area contributed by atoms with Crippen LogP contribution in [0.5, 0.6) is 0 Å². The number of rotatable bonds is 6. The summed E-state index contributed by atoms with van der Waals surface area (Å²) in [7, 11) is 0. The number of hydrogen-bond acceptors (Lipinski definition) is 2. The second-order valence-corrected chi connectivity index (χ2v) is 7.49. The predicted octanol–water partition coefficient (Wildman–Crippen LogP) is 3.29. The van der Waals surface area contributed by atoms with Crippen molar-refractivity contribution in [3.05, 3.63) is 35.9 Å². The van der Waals surface area contributed by atoms with Gasteiger partial charge in [0.1, 0.15) is 6.54 Å². The number of likely N-dealkylation sites (tertiary alicyclic amines) is 1. The van der Waals surface area contributed by atoms with Crippen LogP contribution in [0.3, 0.4) is 0 Å². The lowest BCUT2D eigenvalue weighted by Gasteiger charge is -2.31. The van der Waals surface area contributed by atoms with Crippen LogP contribution in [0.25, 0.3) is 0 Å². The molecule has 0 unspecified atom stereocenters. The minimum atomic E-state index is 0. The fourth-order valence-corrected chi connectivity index (χ4v) is 4.22. The van der Waals surface area contributed by atoms with Gasteiger partial charge >= 0.3 is 0 Å². The summed E-state index contributed by atoms with van der Waals surface area (Å²) in [6, 6.07) is 10.8. The number of aliphatic imine (C=N–C) groups is 1. The Morgan fingerprint density at radius 3 is 2.37 bits per heavy atom. The fraction of sp³-hybridized carbons (Fsp3) is 0.619. The van der Waals surface area contributed by atoms with Gasteiger partial charge in [-0.1, -0.05) is 43.2 Å². The van der Waals surface area contributed by atoms with Crippen LogP contribution in [-0.2, 0) is 10.2 Å². The summed E-state index contributed by atoms with van der Waals surface area (Å²) in [5, 5.41) is 6.81. The molecule has 1 aromatic carbocycles. The van der Waals surface area contributed by atoms with Crippen LogP contribution >= 0.6 is 24.0 Å². The van der Waals surface area contributed by atoms with Crippen LogP contribution < -0.4 is 10.6 Å². The van der Waals surface area contributed by atoms with Gasteiger partial charge in [0.05, 0.1) is 0 Å². The third-order valence-corrected chi connectivity index (χ3v) is 5.72. The first-order chi connectivity index (χ1) is 12.7. The van der Waals surface area contributed by atoms with Gasteiger partial charge in [-0.3, -0.25) is 4.79 Å². The second kappa shape index (κ2) is 10.9. The first kappa shape index (κ1) is 22.0. The highest BCUT2D eigenvalue weighted by atomic mass is 127. The third-order valence-electron chi connectivity index (χ3n) is 5.72. The molecule has 1 heterocycles. The molecule has 0 atom stereocenters. The van der Waals surface area contributed by atoms with E-state index in [2.05, 4.69) is 52.9 Å². The molecule has 2 N–H and O–H groups in total. The molecule has 1 aliphatic carbocycles. The highest BCUT2D eigenvalue weighted by Gasteiger charge is 2.35. The number of carbonyl (C=O) groups is 1. The van der Waals surface area contributed by atoms with E-state index in [0.29, 0.717) is 0 Å². The molecular formula is C21H33IN4O. The smallest absolute Gasteiger partial charge is 0.244 e. The van der Waals surface area contributed by atoms with Crippen molar-refractivity contribution >= 4 is 35.8 Å². The lowest BCUT2D eigenvalue weighted by atomic mass is 9.79. The number of nitrogens with zero attached hydrogens (tertiary/aromatic N) is 2. The summed E-state index contributed by atoms with van der Waals surface area (Å²) in [6.07, 6.45) is 7.20. The standard InChI is InChI=1S/C21H32N4O.HI/c1-2-22-20(23-16-19(26)25-14-8-9-15-25)24-17-21(12-6-7-13-21)18-10-4-3-5-11-18;/h3-5,10-11H,2,6-9,12-17H2,1H3,(H2,22,23,24);1H. The lowest BCUT2D eigenvalue weighted by molar-refractivity contribution is -0.128. The van der Waals surface area contributed by atoms with E-state index in [1.54, 1.807) is 0 Å². The molecule has 1 saturated heterocycles. The number of amides is 1. The molecule has 0 aromatic heterocycles. The van der Waals surface area contributed by atoms with E-state index in [0.717, 1.165) is 45.0 Å². The van der Waals surface area contributed by atoms with Gasteiger partial charge in [0.25, 0.3) is 0 Å². The Kier molecular flexibility index (Phi) is 8.86. The average Bonchev–Trinajstić information content (AvgIpc) is 3.37. The van der Waals surface area contributed by atoms with Gasteiger partial charge in [0.15, 0.2) is 5.96 Å². The maximum atomic E-state index is 12.3. The zero-order chi connectivity index (χ0) is 18.2. The highest BCUT2D eigenvalue weighted by Crippen LogP contribution is 2.40. The Morgan fingerprint density at radius 1 is 1.07 bits per heavy atom. The topological polar surface area (TPSA) is 56.7 Å². The molecule has 2 fully saturated rings. The van der Waals surface area contributed by atoms with E-state index in [-0.39, 0.29) is 41.8 Å². The van der Waals surface area contributed by atoms with E-state index in [4.69, 9.17) is 0 Å². The van der Waals surface area contributed by atoms with Crippen molar-refractivity contribution in [3.8, 4) is 0 Å². The Labute approximate surface area is 180 Å². The minimum Gasteiger partial charge on any atom is -0.357 e. The number of guanidine groups is 1. The molecule has 150 valence electrons. The Morgan fingerprint density at radius 2 is 1.74 bits per heavy atom. The van der Waals surface area contributed by atoms with E-state index in [9.17, 15) is 4.79 Å². The molecular weight excluding hydrogens is 451 g/mol. The quantitative estimate of drug-likeness (QED) is 0.370. The largest absolute Gasteiger partial charge is 0.357 e. The van der Waals surface area contributed by atoms with Gasteiger partial charge in [-0.25, -0.2) is 4.99 Å². The third kappa shape index (κ3) is 5.83. The number of nitrogens with one attached hydrogen (secondary N) is 2. The van der Waals surface area contributed by atoms with Crippen LogP contribution in [0.2, 0.25) is 0 Å². The molecule has 6 heteroatoms. The first-order valence-corrected chi connectivity index (χ1v) is 10.1.